The Labute approximate surface area is 329 Å². The molecule has 0 radical (unpaired) electrons. The number of halogens is 2. The number of rotatable bonds is 13. The van der Waals surface area contributed by atoms with E-state index in [9.17, 15) is 27.9 Å². The van der Waals surface area contributed by atoms with Crippen molar-refractivity contribution in [1.29, 1.82) is 0 Å². The third kappa shape index (κ3) is 7.59. The Kier molecular flexibility index (Phi) is 12.0. The summed E-state index contributed by atoms with van der Waals surface area (Å²) in [5.74, 6) is -1.71. The Bertz CT molecular complexity index is 2240. The molecule has 3 aromatic carbocycles. The predicted octanol–water partition coefficient (Wildman–Crippen LogP) is 5.60. The van der Waals surface area contributed by atoms with Crippen LogP contribution in [0.3, 0.4) is 0 Å². The summed E-state index contributed by atoms with van der Waals surface area (Å²) in [5.41, 5.74) is 4.49. The number of hydrogen-bond acceptors (Lipinski definition) is 9. The van der Waals surface area contributed by atoms with Crippen LogP contribution in [0.1, 0.15) is 92.8 Å². The molecule has 12 nitrogen and oxygen atoms in total. The molecular weight excluding hydrogens is 796 g/mol. The van der Waals surface area contributed by atoms with Crippen molar-refractivity contribution in [3.63, 3.8) is 0 Å². The van der Waals surface area contributed by atoms with Crippen LogP contribution in [-0.4, -0.2) is 84.6 Å². The minimum Gasteiger partial charge on any atom is -0.395 e. The van der Waals surface area contributed by atoms with Crippen LogP contribution >= 0.6 is 27.5 Å². The number of anilines is 1. The Hall–Kier alpha value is -4.08. The molecule has 0 saturated carbocycles. The zero-order chi connectivity index (χ0) is 38.9. The van der Waals surface area contributed by atoms with Gasteiger partial charge in [0, 0.05) is 59.9 Å². The van der Waals surface area contributed by atoms with Crippen molar-refractivity contribution < 1.29 is 27.9 Å². The number of amides is 2. The molecule has 286 valence electrons. The van der Waals surface area contributed by atoms with E-state index in [2.05, 4.69) is 36.0 Å². The SMILES string of the molecule is CCCN(CCC)C(=O)c1nn(-c2ccc(C(=O)NS(=O)(=O)c3cc(Br)c4c(c3)CCN4CC)cc2C(=O)c2cccc3c2CC(CO)NC3)c(C)c1Cl. The van der Waals surface area contributed by atoms with Crippen molar-refractivity contribution in [2.45, 2.75) is 70.9 Å². The summed E-state index contributed by atoms with van der Waals surface area (Å²) in [6.45, 7) is 10.6. The zero-order valence-electron chi connectivity index (χ0n) is 30.7. The van der Waals surface area contributed by atoms with Crippen LogP contribution < -0.4 is 14.9 Å². The maximum atomic E-state index is 14.7. The second kappa shape index (κ2) is 16.3. The van der Waals surface area contributed by atoms with Gasteiger partial charge in [-0.25, -0.2) is 17.8 Å². The summed E-state index contributed by atoms with van der Waals surface area (Å²) in [5, 5.41) is 18.0. The number of benzene rings is 3. The standard InChI is InChI=1S/C39H44BrClN6O6S/c1-5-14-46(15-6-2)39(51)35-34(41)23(4)47(43-35)33-12-11-25(18-31(33)37(49)29-10-8-9-26-21-42-27(22-48)19-30(26)29)38(50)44-54(52,53)28-17-24-13-16-45(7-3)36(24)32(40)20-28/h8-12,17-18,20,27,42,48H,5-7,13-16,19,21-22H2,1-4H3,(H,44,50). The summed E-state index contributed by atoms with van der Waals surface area (Å²) < 4.78 is 31.5. The van der Waals surface area contributed by atoms with Crippen LogP contribution in [0.15, 0.2) is 57.9 Å². The minimum atomic E-state index is -4.32. The smallest absolute Gasteiger partial charge is 0.275 e. The van der Waals surface area contributed by atoms with E-state index in [1.807, 2.05) is 26.8 Å². The van der Waals surface area contributed by atoms with Gasteiger partial charge in [0.2, 0.25) is 0 Å². The van der Waals surface area contributed by atoms with E-state index in [0.717, 1.165) is 48.3 Å². The number of aliphatic hydroxyl groups is 1. The van der Waals surface area contributed by atoms with Crippen LogP contribution in [0, 0.1) is 6.92 Å². The van der Waals surface area contributed by atoms with Gasteiger partial charge in [-0.2, -0.15) is 5.10 Å². The molecule has 0 bridgehead atoms. The molecule has 3 N–H and O–H groups in total. The topological polar surface area (TPSA) is 154 Å². The van der Waals surface area contributed by atoms with E-state index in [-0.39, 0.29) is 51.0 Å². The molecule has 1 atom stereocenters. The Morgan fingerprint density at radius 3 is 2.48 bits per heavy atom. The van der Waals surface area contributed by atoms with E-state index in [0.29, 0.717) is 48.2 Å². The van der Waals surface area contributed by atoms with Gasteiger partial charge in [-0.1, -0.05) is 43.6 Å². The number of carbonyl (C=O) groups excluding carboxylic acids is 3. The highest BCUT2D eigenvalue weighted by Gasteiger charge is 2.31. The molecule has 2 aliphatic rings. The number of likely N-dealkylation sites (N-methyl/N-ethyl adjacent to an activating group) is 1. The lowest BCUT2D eigenvalue weighted by molar-refractivity contribution is 0.0749. The lowest BCUT2D eigenvalue weighted by Crippen LogP contribution is -2.39. The van der Waals surface area contributed by atoms with Gasteiger partial charge in [-0.05, 0) is 102 Å². The number of ketones is 1. The van der Waals surface area contributed by atoms with Gasteiger partial charge in [0.1, 0.15) is 0 Å². The fraction of sp³-hybridized carbons (Fsp3) is 0.385. The first kappa shape index (κ1) is 39.6. The van der Waals surface area contributed by atoms with Crippen LogP contribution in [0.5, 0.6) is 0 Å². The fourth-order valence-electron chi connectivity index (χ4n) is 7.26. The first-order chi connectivity index (χ1) is 25.8. The van der Waals surface area contributed by atoms with Gasteiger partial charge in [0.05, 0.1) is 33.6 Å². The summed E-state index contributed by atoms with van der Waals surface area (Å²) in [6.07, 6.45) is 2.56. The van der Waals surface area contributed by atoms with E-state index < -0.39 is 21.7 Å². The Morgan fingerprint density at radius 1 is 1.06 bits per heavy atom. The van der Waals surface area contributed by atoms with Crippen molar-refractivity contribution in [2.75, 3.05) is 37.7 Å². The second-order valence-corrected chi connectivity index (χ2v) is 16.5. The largest absolute Gasteiger partial charge is 0.395 e. The molecule has 4 aromatic rings. The number of carbonyl (C=O) groups is 3. The number of nitrogens with zero attached hydrogens (tertiary/aromatic N) is 4. The highest BCUT2D eigenvalue weighted by molar-refractivity contribution is 9.10. The maximum absolute atomic E-state index is 14.7. The van der Waals surface area contributed by atoms with Crippen molar-refractivity contribution in [3.05, 3.63) is 103 Å². The second-order valence-electron chi connectivity index (χ2n) is 13.6. The van der Waals surface area contributed by atoms with Gasteiger partial charge in [0.15, 0.2) is 11.5 Å². The third-order valence-electron chi connectivity index (χ3n) is 10.0. The van der Waals surface area contributed by atoms with Crippen molar-refractivity contribution in [1.82, 2.24) is 24.7 Å². The highest BCUT2D eigenvalue weighted by Crippen LogP contribution is 2.38. The van der Waals surface area contributed by atoms with E-state index in [1.54, 1.807) is 30.0 Å². The van der Waals surface area contributed by atoms with Crippen LogP contribution in [-0.2, 0) is 29.4 Å². The molecule has 2 amide bonds. The molecule has 6 rings (SSSR count). The fourth-order valence-corrected chi connectivity index (χ4v) is 9.41. The Morgan fingerprint density at radius 2 is 1.80 bits per heavy atom. The average molecular weight is 840 g/mol. The predicted molar refractivity (Wildman–Crippen MR) is 211 cm³/mol. The molecule has 2 aliphatic heterocycles. The van der Waals surface area contributed by atoms with Crippen LogP contribution in [0.4, 0.5) is 5.69 Å². The lowest BCUT2D eigenvalue weighted by atomic mass is 9.87. The quantitative estimate of drug-likeness (QED) is 0.146. The summed E-state index contributed by atoms with van der Waals surface area (Å²) >= 11 is 10.3. The van der Waals surface area contributed by atoms with Crippen molar-refractivity contribution >= 4 is 60.8 Å². The number of aliphatic hydroxyl groups excluding tert-OH is 1. The highest BCUT2D eigenvalue weighted by atomic mass is 79.9. The molecule has 54 heavy (non-hydrogen) atoms. The van der Waals surface area contributed by atoms with Crippen LogP contribution in [0.25, 0.3) is 5.69 Å². The maximum Gasteiger partial charge on any atom is 0.275 e. The lowest BCUT2D eigenvalue weighted by Gasteiger charge is -2.26. The molecule has 1 aromatic heterocycles. The average Bonchev–Trinajstić information content (AvgIpc) is 3.73. The van der Waals surface area contributed by atoms with Gasteiger partial charge >= 0.3 is 0 Å². The number of hydrogen-bond donors (Lipinski definition) is 3. The van der Waals surface area contributed by atoms with Crippen LogP contribution in [0.2, 0.25) is 5.02 Å². The third-order valence-corrected chi connectivity index (χ3v) is 12.4. The molecule has 15 heteroatoms. The first-order valence-corrected chi connectivity index (χ1v) is 20.8. The van der Waals surface area contributed by atoms with E-state index in [4.69, 9.17) is 11.6 Å². The number of nitrogens with one attached hydrogen (secondary N) is 2. The molecule has 3 heterocycles. The Balaban J connectivity index is 1.43. The summed E-state index contributed by atoms with van der Waals surface area (Å²) in [6, 6.07) is 12.5. The normalized spacial score (nSPS) is 15.2. The monoisotopic (exact) mass is 838 g/mol. The van der Waals surface area contributed by atoms with Gasteiger partial charge in [-0.3, -0.25) is 14.4 Å². The molecule has 0 spiro atoms. The molecule has 0 fully saturated rings. The minimum absolute atomic E-state index is 0.0406. The zero-order valence-corrected chi connectivity index (χ0v) is 33.9. The molecule has 0 aliphatic carbocycles. The first-order valence-electron chi connectivity index (χ1n) is 18.2. The van der Waals surface area contributed by atoms with Gasteiger partial charge < -0.3 is 20.2 Å². The van der Waals surface area contributed by atoms with Gasteiger partial charge in [0.25, 0.3) is 21.8 Å². The molecule has 1 unspecified atom stereocenters. The molecular formula is C39H44BrClN6O6S. The molecule has 0 saturated heterocycles. The summed E-state index contributed by atoms with van der Waals surface area (Å²) in [7, 11) is -4.32. The summed E-state index contributed by atoms with van der Waals surface area (Å²) in [4.78, 5) is 45.9. The van der Waals surface area contributed by atoms with Gasteiger partial charge in [-0.15, -0.1) is 0 Å². The van der Waals surface area contributed by atoms with E-state index >= 15 is 0 Å². The van der Waals surface area contributed by atoms with Crippen molar-refractivity contribution in [3.8, 4) is 5.69 Å². The van der Waals surface area contributed by atoms with E-state index in [1.165, 1.54) is 28.9 Å². The van der Waals surface area contributed by atoms with Crippen molar-refractivity contribution in [2.24, 2.45) is 0 Å². The number of aromatic nitrogens is 2. The number of fused-ring (bicyclic) bond motifs is 2. The number of sulfonamides is 1.